The first kappa shape index (κ1) is 16.3. The van der Waals surface area contributed by atoms with E-state index in [2.05, 4.69) is 9.84 Å². The number of hydrogen-bond acceptors (Lipinski definition) is 5. The molecule has 1 aliphatic rings. The van der Waals surface area contributed by atoms with Crippen LogP contribution in [0.3, 0.4) is 0 Å². The van der Waals surface area contributed by atoms with Gasteiger partial charge < -0.3 is 4.74 Å². The Morgan fingerprint density at radius 1 is 1.48 bits per heavy atom. The normalized spacial score (nSPS) is 16.8. The second-order valence-electron chi connectivity index (χ2n) is 5.75. The van der Waals surface area contributed by atoms with Crippen LogP contribution in [0.4, 0.5) is 0 Å². The summed E-state index contributed by atoms with van der Waals surface area (Å²) in [5.74, 6) is -0.543. The van der Waals surface area contributed by atoms with E-state index in [0.29, 0.717) is 16.4 Å². The fourth-order valence-electron chi connectivity index (χ4n) is 2.49. The van der Waals surface area contributed by atoms with E-state index in [9.17, 15) is 13.2 Å². The van der Waals surface area contributed by atoms with Gasteiger partial charge in [-0.15, -0.1) is 0 Å². The van der Waals surface area contributed by atoms with Crippen LogP contribution >= 0.6 is 11.6 Å². The Kier molecular flexibility index (Phi) is 4.35. The van der Waals surface area contributed by atoms with Gasteiger partial charge in [0.2, 0.25) is 0 Å². The van der Waals surface area contributed by atoms with Crippen LogP contribution in [0, 0.1) is 12.3 Å². The second kappa shape index (κ2) is 5.61. The maximum absolute atomic E-state index is 12.4. The summed E-state index contributed by atoms with van der Waals surface area (Å²) < 4.78 is 30.9. The van der Waals surface area contributed by atoms with E-state index in [1.807, 2.05) is 0 Å². The van der Waals surface area contributed by atoms with Crippen molar-refractivity contribution in [3.63, 3.8) is 0 Å². The van der Waals surface area contributed by atoms with Crippen molar-refractivity contribution < 1.29 is 17.9 Å². The Bertz CT molecular complexity index is 662. The summed E-state index contributed by atoms with van der Waals surface area (Å²) in [6, 6.07) is 0. The fourth-order valence-corrected chi connectivity index (χ4v) is 4.97. The smallest absolute Gasteiger partial charge is 0.306 e. The molecule has 118 valence electrons. The molecule has 1 heterocycles. The van der Waals surface area contributed by atoms with Gasteiger partial charge in [-0.2, -0.15) is 5.10 Å². The number of aromatic nitrogens is 2. The molecule has 0 aromatic carbocycles. The quantitative estimate of drug-likeness (QED) is 0.739. The first-order valence-electron chi connectivity index (χ1n) is 6.63. The van der Waals surface area contributed by atoms with Crippen LogP contribution in [0.1, 0.15) is 30.7 Å². The third-order valence-electron chi connectivity index (χ3n) is 3.85. The molecular weight excluding hydrogens is 316 g/mol. The van der Waals surface area contributed by atoms with Gasteiger partial charge in [0.1, 0.15) is 0 Å². The molecule has 0 saturated heterocycles. The number of esters is 1. The highest BCUT2D eigenvalue weighted by Gasteiger charge is 2.48. The van der Waals surface area contributed by atoms with Gasteiger partial charge in [-0.3, -0.25) is 9.48 Å². The van der Waals surface area contributed by atoms with Gasteiger partial charge in [0.05, 0.1) is 41.4 Å². The number of ether oxygens (including phenoxy) is 1. The summed E-state index contributed by atoms with van der Waals surface area (Å²) in [5, 5.41) is 4.50. The molecule has 1 aromatic rings. The average Bonchev–Trinajstić information content (AvgIpc) is 3.07. The molecule has 6 nitrogen and oxygen atoms in total. The van der Waals surface area contributed by atoms with Crippen molar-refractivity contribution in [1.29, 1.82) is 0 Å². The summed E-state index contributed by atoms with van der Waals surface area (Å²) in [6.07, 6.45) is 1.62. The van der Waals surface area contributed by atoms with Crippen LogP contribution in [0.25, 0.3) is 0 Å². The molecule has 0 atom stereocenters. The number of carbonyl (C=O) groups excluding carboxylic acids is 1. The Balaban J connectivity index is 2.11. The van der Waals surface area contributed by atoms with Gasteiger partial charge in [0, 0.05) is 7.05 Å². The van der Waals surface area contributed by atoms with Crippen molar-refractivity contribution in [3.05, 3.63) is 16.4 Å². The molecule has 0 radical (unpaired) electrons. The molecule has 0 spiro atoms. The zero-order valence-electron chi connectivity index (χ0n) is 12.3. The molecule has 8 heteroatoms. The van der Waals surface area contributed by atoms with E-state index in [-0.39, 0.29) is 23.9 Å². The molecule has 1 aromatic heterocycles. The van der Waals surface area contributed by atoms with Gasteiger partial charge in [-0.1, -0.05) is 11.6 Å². The van der Waals surface area contributed by atoms with Crippen LogP contribution in [0.5, 0.6) is 0 Å². The number of aryl methyl sites for hydroxylation is 2. The number of methoxy groups -OCH3 is 1. The first-order chi connectivity index (χ1) is 9.68. The molecule has 21 heavy (non-hydrogen) atoms. The largest absolute Gasteiger partial charge is 0.469 e. The summed E-state index contributed by atoms with van der Waals surface area (Å²) in [7, 11) is -0.386. The fraction of sp³-hybridized carbons (Fsp3) is 0.692. The molecule has 0 amide bonds. The predicted octanol–water partition coefficient (Wildman–Crippen LogP) is 1.64. The number of halogens is 1. The van der Waals surface area contributed by atoms with Crippen molar-refractivity contribution in [2.75, 3.05) is 12.9 Å². The topological polar surface area (TPSA) is 78.3 Å². The van der Waals surface area contributed by atoms with E-state index in [4.69, 9.17) is 11.6 Å². The van der Waals surface area contributed by atoms with Gasteiger partial charge >= 0.3 is 5.97 Å². The third-order valence-corrected chi connectivity index (χ3v) is 6.11. The first-order valence-corrected chi connectivity index (χ1v) is 8.83. The third kappa shape index (κ3) is 3.77. The van der Waals surface area contributed by atoms with Crippen molar-refractivity contribution in [2.45, 2.75) is 31.9 Å². The van der Waals surface area contributed by atoms with Crippen LogP contribution in [0.2, 0.25) is 5.02 Å². The minimum absolute atomic E-state index is 0.0182. The van der Waals surface area contributed by atoms with Gasteiger partial charge in [-0.25, -0.2) is 8.42 Å². The molecule has 0 unspecified atom stereocenters. The van der Waals surface area contributed by atoms with Crippen molar-refractivity contribution in [1.82, 2.24) is 9.78 Å². The lowest BCUT2D eigenvalue weighted by molar-refractivity contribution is -0.141. The minimum atomic E-state index is -3.37. The number of carbonyl (C=O) groups is 1. The highest BCUT2D eigenvalue weighted by molar-refractivity contribution is 7.90. The predicted molar refractivity (Wildman–Crippen MR) is 78.7 cm³/mol. The lowest BCUT2D eigenvalue weighted by Crippen LogP contribution is -2.23. The van der Waals surface area contributed by atoms with E-state index in [1.165, 1.54) is 11.8 Å². The van der Waals surface area contributed by atoms with Crippen molar-refractivity contribution >= 4 is 27.4 Å². The zero-order chi connectivity index (χ0) is 15.8. The molecule has 1 fully saturated rings. The Morgan fingerprint density at radius 2 is 2.10 bits per heavy atom. The Hall–Kier alpha value is -1.08. The highest BCUT2D eigenvalue weighted by Crippen LogP contribution is 2.50. The van der Waals surface area contributed by atoms with Gasteiger partial charge in [0.25, 0.3) is 0 Å². The average molecular weight is 335 g/mol. The standard InChI is InChI=1S/C13H19ClN2O4S/c1-9-12(14)10(16(2)15-9)7-21(18,19)8-13(4-5-13)6-11(17)20-3/h4-8H2,1-3H3. The lowest BCUT2D eigenvalue weighted by Gasteiger charge is -2.14. The van der Waals surface area contributed by atoms with E-state index < -0.39 is 15.3 Å². The molecule has 0 aliphatic heterocycles. The lowest BCUT2D eigenvalue weighted by atomic mass is 10.1. The minimum Gasteiger partial charge on any atom is -0.469 e. The molecule has 1 saturated carbocycles. The summed E-state index contributed by atoms with van der Waals surface area (Å²) in [5.41, 5.74) is 0.648. The number of hydrogen-bond donors (Lipinski definition) is 0. The summed E-state index contributed by atoms with van der Waals surface area (Å²) in [6.45, 7) is 1.73. The van der Waals surface area contributed by atoms with E-state index in [0.717, 1.165) is 12.8 Å². The zero-order valence-corrected chi connectivity index (χ0v) is 13.9. The maximum Gasteiger partial charge on any atom is 0.306 e. The molecule has 0 N–H and O–H groups in total. The van der Waals surface area contributed by atoms with E-state index in [1.54, 1.807) is 14.0 Å². The molecule has 0 bridgehead atoms. The van der Waals surface area contributed by atoms with Crippen molar-refractivity contribution in [2.24, 2.45) is 12.5 Å². The van der Waals surface area contributed by atoms with E-state index >= 15 is 0 Å². The Morgan fingerprint density at radius 3 is 2.52 bits per heavy atom. The Labute approximate surface area is 129 Å². The monoisotopic (exact) mass is 334 g/mol. The van der Waals surface area contributed by atoms with Crippen LogP contribution in [-0.4, -0.2) is 37.0 Å². The number of nitrogens with zero attached hydrogens (tertiary/aromatic N) is 2. The van der Waals surface area contributed by atoms with Crippen LogP contribution in [0.15, 0.2) is 0 Å². The van der Waals surface area contributed by atoms with Crippen LogP contribution in [-0.2, 0) is 32.2 Å². The molecular formula is C13H19ClN2O4S. The highest BCUT2D eigenvalue weighted by atomic mass is 35.5. The number of rotatable bonds is 6. The summed E-state index contributed by atoms with van der Waals surface area (Å²) >= 11 is 6.09. The van der Waals surface area contributed by atoms with Gasteiger partial charge in [-0.05, 0) is 25.2 Å². The molecule has 2 rings (SSSR count). The SMILES string of the molecule is COC(=O)CC1(CS(=O)(=O)Cc2c(Cl)c(C)nn2C)CC1. The van der Waals surface area contributed by atoms with Crippen LogP contribution < -0.4 is 0 Å². The van der Waals surface area contributed by atoms with Crippen molar-refractivity contribution in [3.8, 4) is 0 Å². The second-order valence-corrected chi connectivity index (χ2v) is 8.20. The molecule has 1 aliphatic carbocycles. The number of sulfone groups is 1. The van der Waals surface area contributed by atoms with Gasteiger partial charge in [0.15, 0.2) is 9.84 Å². The summed E-state index contributed by atoms with van der Waals surface area (Å²) in [4.78, 5) is 11.4. The maximum atomic E-state index is 12.4.